The molecule has 1 aromatic heterocycles. The third-order valence-electron chi connectivity index (χ3n) is 2.40. The highest BCUT2D eigenvalue weighted by Crippen LogP contribution is 2.22. The molecule has 0 unspecified atom stereocenters. The summed E-state index contributed by atoms with van der Waals surface area (Å²) >= 11 is 1.25. The second kappa shape index (κ2) is 4.58. The van der Waals surface area contributed by atoms with Gasteiger partial charge in [-0.15, -0.1) is 11.3 Å². The van der Waals surface area contributed by atoms with Gasteiger partial charge in [-0.1, -0.05) is 6.07 Å². The van der Waals surface area contributed by atoms with Crippen molar-refractivity contribution in [1.29, 1.82) is 0 Å². The first-order chi connectivity index (χ1) is 8.38. The van der Waals surface area contributed by atoms with Gasteiger partial charge in [-0.2, -0.15) is 0 Å². The molecule has 0 bridgehead atoms. The molecule has 0 radical (unpaired) electrons. The predicted octanol–water partition coefficient (Wildman–Crippen LogP) is 2.14. The summed E-state index contributed by atoms with van der Waals surface area (Å²) in [5.74, 6) is 0. The van der Waals surface area contributed by atoms with Crippen LogP contribution in [0.15, 0.2) is 28.5 Å². The standard InChI is InChI=1S/C11H13N3O2S2/c1-7-3-4-9(5-10(7)12)18(15,16)14-11-13-8(2)6-17-11/h3-6H,12H2,1-2H3,(H,13,14). The number of thiazole rings is 1. The largest absolute Gasteiger partial charge is 0.398 e. The minimum atomic E-state index is -3.62. The van der Waals surface area contributed by atoms with Crippen LogP contribution >= 0.6 is 11.3 Å². The zero-order valence-electron chi connectivity index (χ0n) is 9.97. The number of nitrogen functional groups attached to an aromatic ring is 1. The van der Waals surface area contributed by atoms with E-state index in [1.807, 2.05) is 6.92 Å². The number of nitrogens with zero attached hydrogens (tertiary/aromatic N) is 1. The lowest BCUT2D eigenvalue weighted by Gasteiger charge is -2.07. The van der Waals surface area contributed by atoms with E-state index >= 15 is 0 Å². The van der Waals surface area contributed by atoms with Crippen molar-refractivity contribution >= 4 is 32.2 Å². The summed E-state index contributed by atoms with van der Waals surface area (Å²) in [5, 5.41) is 2.13. The van der Waals surface area contributed by atoms with E-state index in [0.29, 0.717) is 10.8 Å². The number of aromatic nitrogens is 1. The Bertz CT molecular complexity index is 677. The van der Waals surface area contributed by atoms with Crippen LogP contribution in [0.25, 0.3) is 0 Å². The van der Waals surface area contributed by atoms with E-state index in [9.17, 15) is 8.42 Å². The van der Waals surface area contributed by atoms with E-state index in [4.69, 9.17) is 5.73 Å². The van der Waals surface area contributed by atoms with Gasteiger partial charge >= 0.3 is 0 Å². The van der Waals surface area contributed by atoms with Crippen molar-refractivity contribution in [3.05, 3.63) is 34.8 Å². The molecule has 0 saturated carbocycles. The number of nitrogens with one attached hydrogen (secondary N) is 1. The molecule has 0 aliphatic carbocycles. The number of nitrogens with two attached hydrogens (primary N) is 1. The van der Waals surface area contributed by atoms with Crippen molar-refractivity contribution in [2.24, 2.45) is 0 Å². The molecule has 5 nitrogen and oxygen atoms in total. The Kier molecular flexibility index (Phi) is 3.27. The summed E-state index contributed by atoms with van der Waals surface area (Å²) in [6, 6.07) is 4.64. The lowest BCUT2D eigenvalue weighted by Crippen LogP contribution is -2.13. The SMILES string of the molecule is Cc1csc(NS(=O)(=O)c2ccc(C)c(N)c2)n1. The first-order valence-corrected chi connectivity index (χ1v) is 7.56. The molecule has 2 rings (SSSR count). The minimum Gasteiger partial charge on any atom is -0.398 e. The van der Waals surface area contributed by atoms with Gasteiger partial charge in [0, 0.05) is 11.1 Å². The normalized spacial score (nSPS) is 11.4. The molecule has 0 atom stereocenters. The number of anilines is 2. The summed E-state index contributed by atoms with van der Waals surface area (Å²) in [6.45, 7) is 3.63. The molecular formula is C11H13N3O2S2. The van der Waals surface area contributed by atoms with Gasteiger partial charge in [-0.05, 0) is 31.5 Å². The Morgan fingerprint density at radius 1 is 1.33 bits per heavy atom. The maximum Gasteiger partial charge on any atom is 0.263 e. The lowest BCUT2D eigenvalue weighted by molar-refractivity contribution is 0.601. The molecule has 7 heteroatoms. The summed E-state index contributed by atoms with van der Waals surface area (Å²) in [4.78, 5) is 4.20. The molecular weight excluding hydrogens is 270 g/mol. The van der Waals surface area contributed by atoms with E-state index in [2.05, 4.69) is 9.71 Å². The van der Waals surface area contributed by atoms with Gasteiger partial charge < -0.3 is 5.73 Å². The van der Waals surface area contributed by atoms with Crippen molar-refractivity contribution < 1.29 is 8.42 Å². The Labute approximate surface area is 110 Å². The van der Waals surface area contributed by atoms with Crippen molar-refractivity contribution in [3.8, 4) is 0 Å². The third-order valence-corrected chi connectivity index (χ3v) is 4.74. The highest BCUT2D eigenvalue weighted by Gasteiger charge is 2.16. The molecule has 3 N–H and O–H groups in total. The second-order valence-electron chi connectivity index (χ2n) is 3.92. The Hall–Kier alpha value is -1.60. The predicted molar refractivity (Wildman–Crippen MR) is 73.3 cm³/mol. The zero-order chi connectivity index (χ0) is 13.3. The molecule has 96 valence electrons. The van der Waals surface area contributed by atoms with Crippen LogP contribution in [0.5, 0.6) is 0 Å². The summed E-state index contributed by atoms with van der Waals surface area (Å²) < 4.78 is 26.6. The maximum atomic E-state index is 12.1. The average molecular weight is 283 g/mol. The van der Waals surface area contributed by atoms with Gasteiger partial charge in [0.05, 0.1) is 10.6 Å². The number of rotatable bonds is 3. The first-order valence-electron chi connectivity index (χ1n) is 5.19. The van der Waals surface area contributed by atoms with Crippen molar-refractivity contribution in [1.82, 2.24) is 4.98 Å². The fourth-order valence-corrected chi connectivity index (χ4v) is 3.34. The Balaban J connectivity index is 2.33. The molecule has 0 aliphatic heterocycles. The molecule has 1 heterocycles. The molecule has 0 fully saturated rings. The number of sulfonamides is 1. The summed E-state index contributed by atoms with van der Waals surface area (Å²) in [5.41, 5.74) is 7.79. The van der Waals surface area contributed by atoms with Gasteiger partial charge in [-0.3, -0.25) is 4.72 Å². The van der Waals surface area contributed by atoms with Crippen LogP contribution in [-0.4, -0.2) is 13.4 Å². The number of hydrogen-bond acceptors (Lipinski definition) is 5. The van der Waals surface area contributed by atoms with Crippen LogP contribution < -0.4 is 10.5 Å². The minimum absolute atomic E-state index is 0.137. The monoisotopic (exact) mass is 283 g/mol. The zero-order valence-corrected chi connectivity index (χ0v) is 11.6. The van der Waals surface area contributed by atoms with E-state index in [1.54, 1.807) is 18.4 Å². The lowest BCUT2D eigenvalue weighted by atomic mass is 10.2. The fourth-order valence-electron chi connectivity index (χ4n) is 1.36. The van der Waals surface area contributed by atoms with Gasteiger partial charge in [0.15, 0.2) is 5.13 Å². The van der Waals surface area contributed by atoms with Crippen LogP contribution in [-0.2, 0) is 10.0 Å². The van der Waals surface area contributed by atoms with E-state index < -0.39 is 10.0 Å². The van der Waals surface area contributed by atoms with Crippen molar-refractivity contribution in [2.45, 2.75) is 18.7 Å². The first kappa shape index (κ1) is 12.8. The molecule has 0 amide bonds. The van der Waals surface area contributed by atoms with Crippen LogP contribution in [0.2, 0.25) is 0 Å². The van der Waals surface area contributed by atoms with Crippen molar-refractivity contribution in [3.63, 3.8) is 0 Å². The van der Waals surface area contributed by atoms with Crippen LogP contribution in [0.4, 0.5) is 10.8 Å². The van der Waals surface area contributed by atoms with Crippen LogP contribution in [0.3, 0.4) is 0 Å². The molecule has 0 aliphatic rings. The second-order valence-corrected chi connectivity index (χ2v) is 6.46. The topological polar surface area (TPSA) is 85.1 Å². The smallest absolute Gasteiger partial charge is 0.263 e. The van der Waals surface area contributed by atoms with Crippen molar-refractivity contribution in [2.75, 3.05) is 10.5 Å². The van der Waals surface area contributed by atoms with E-state index in [0.717, 1.165) is 11.3 Å². The highest BCUT2D eigenvalue weighted by atomic mass is 32.2. The van der Waals surface area contributed by atoms with Gasteiger partial charge in [0.25, 0.3) is 10.0 Å². The van der Waals surface area contributed by atoms with Crippen LogP contribution in [0, 0.1) is 13.8 Å². The van der Waals surface area contributed by atoms with Gasteiger partial charge in [0.2, 0.25) is 0 Å². The number of aryl methyl sites for hydroxylation is 2. The molecule has 1 aromatic carbocycles. The third kappa shape index (κ3) is 2.62. The van der Waals surface area contributed by atoms with E-state index in [1.165, 1.54) is 23.5 Å². The molecule has 0 spiro atoms. The maximum absolute atomic E-state index is 12.1. The quantitative estimate of drug-likeness (QED) is 0.845. The Morgan fingerprint density at radius 3 is 2.61 bits per heavy atom. The molecule has 0 saturated heterocycles. The summed E-state index contributed by atoms with van der Waals surface area (Å²) in [7, 11) is -3.62. The van der Waals surface area contributed by atoms with Gasteiger partial charge in [0.1, 0.15) is 0 Å². The molecule has 2 aromatic rings. The number of hydrogen-bond donors (Lipinski definition) is 2. The fraction of sp³-hybridized carbons (Fsp3) is 0.182. The van der Waals surface area contributed by atoms with Crippen LogP contribution in [0.1, 0.15) is 11.3 Å². The number of benzene rings is 1. The molecule has 18 heavy (non-hydrogen) atoms. The highest BCUT2D eigenvalue weighted by molar-refractivity contribution is 7.93. The van der Waals surface area contributed by atoms with Gasteiger partial charge in [-0.25, -0.2) is 13.4 Å². The van der Waals surface area contributed by atoms with E-state index in [-0.39, 0.29) is 4.90 Å². The average Bonchev–Trinajstić information content (AvgIpc) is 2.67. The summed E-state index contributed by atoms with van der Waals surface area (Å²) in [6.07, 6.45) is 0. The Morgan fingerprint density at radius 2 is 2.06 bits per heavy atom.